The van der Waals surface area contributed by atoms with Crippen molar-refractivity contribution in [3.63, 3.8) is 0 Å². The largest absolute Gasteiger partial charge is 0.507 e. The van der Waals surface area contributed by atoms with Crippen LogP contribution < -0.4 is 4.74 Å². The smallest absolute Gasteiger partial charge is 0.295 e. The maximum absolute atomic E-state index is 12.9. The van der Waals surface area contributed by atoms with Crippen molar-refractivity contribution >= 4 is 17.4 Å². The molecule has 0 radical (unpaired) electrons. The minimum Gasteiger partial charge on any atom is -0.507 e. The molecule has 1 aliphatic heterocycles. The second-order valence-corrected chi connectivity index (χ2v) is 7.51. The van der Waals surface area contributed by atoms with Gasteiger partial charge in [-0.1, -0.05) is 30.3 Å². The first kappa shape index (κ1) is 21.6. The van der Waals surface area contributed by atoms with E-state index < -0.39 is 17.7 Å². The molecule has 1 heterocycles. The summed E-state index contributed by atoms with van der Waals surface area (Å²) in [6, 6.07) is 13.7. The molecule has 1 unspecified atom stereocenters. The molecule has 0 bridgehead atoms. The number of carbonyl (C=O) groups is 2. The molecule has 0 spiro atoms. The predicted molar refractivity (Wildman–Crippen MR) is 114 cm³/mol. The van der Waals surface area contributed by atoms with Crippen LogP contribution in [0.3, 0.4) is 0 Å². The molecule has 1 saturated heterocycles. The second kappa shape index (κ2) is 9.13. The Labute approximate surface area is 176 Å². The van der Waals surface area contributed by atoms with Crippen molar-refractivity contribution in [2.75, 3.05) is 20.3 Å². The number of nitrogens with zero attached hydrogens (tertiary/aromatic N) is 1. The van der Waals surface area contributed by atoms with Gasteiger partial charge in [0.2, 0.25) is 0 Å². The summed E-state index contributed by atoms with van der Waals surface area (Å²) in [5.41, 5.74) is 2.12. The number of Topliss-reactive ketones (excluding diaryl/α,β-unsaturated/α-hetero) is 1. The van der Waals surface area contributed by atoms with Crippen LogP contribution in [0.1, 0.15) is 36.6 Å². The molecule has 1 N–H and O–H groups in total. The zero-order valence-corrected chi connectivity index (χ0v) is 17.7. The third kappa shape index (κ3) is 4.24. The van der Waals surface area contributed by atoms with Crippen LogP contribution in [-0.4, -0.2) is 48.1 Å². The molecule has 0 aromatic heterocycles. The maximum Gasteiger partial charge on any atom is 0.295 e. The van der Waals surface area contributed by atoms with Crippen LogP contribution in [0.4, 0.5) is 0 Å². The van der Waals surface area contributed by atoms with E-state index in [1.807, 2.05) is 51.1 Å². The molecule has 3 rings (SSSR count). The van der Waals surface area contributed by atoms with Gasteiger partial charge in [0.15, 0.2) is 0 Å². The van der Waals surface area contributed by atoms with Crippen LogP contribution in [-0.2, 0) is 14.3 Å². The van der Waals surface area contributed by atoms with E-state index >= 15 is 0 Å². The highest BCUT2D eigenvalue weighted by molar-refractivity contribution is 6.46. The van der Waals surface area contributed by atoms with E-state index in [1.54, 1.807) is 25.3 Å². The Hall–Kier alpha value is -3.12. The molecule has 1 aliphatic rings. The first-order chi connectivity index (χ1) is 14.3. The summed E-state index contributed by atoms with van der Waals surface area (Å²) in [5, 5.41) is 11.1. The highest BCUT2D eigenvalue weighted by Gasteiger charge is 2.45. The van der Waals surface area contributed by atoms with Crippen molar-refractivity contribution in [3.8, 4) is 5.75 Å². The lowest BCUT2D eigenvalue weighted by atomic mass is 9.95. The Bertz CT molecular complexity index is 965. The van der Waals surface area contributed by atoms with Crippen molar-refractivity contribution in [2.24, 2.45) is 0 Å². The van der Waals surface area contributed by atoms with Crippen LogP contribution in [0.2, 0.25) is 0 Å². The Morgan fingerprint density at radius 2 is 1.83 bits per heavy atom. The number of likely N-dealkylation sites (tertiary alicyclic amines) is 1. The van der Waals surface area contributed by atoms with E-state index in [-0.39, 0.29) is 24.0 Å². The molecule has 1 fully saturated rings. The first-order valence-electron chi connectivity index (χ1n) is 9.95. The molecule has 2 aromatic carbocycles. The lowest BCUT2D eigenvalue weighted by molar-refractivity contribution is -0.140. The monoisotopic (exact) mass is 409 g/mol. The highest BCUT2D eigenvalue weighted by Crippen LogP contribution is 2.39. The number of hydrogen-bond acceptors (Lipinski definition) is 5. The number of benzene rings is 2. The normalized spacial score (nSPS) is 18.3. The minimum absolute atomic E-state index is 0.0132. The van der Waals surface area contributed by atoms with Crippen LogP contribution in [0.15, 0.2) is 54.1 Å². The fourth-order valence-corrected chi connectivity index (χ4v) is 3.66. The molecule has 1 atom stereocenters. The number of aliphatic hydroxyl groups is 1. The summed E-state index contributed by atoms with van der Waals surface area (Å²) in [6.45, 7) is 6.23. The van der Waals surface area contributed by atoms with Gasteiger partial charge in [-0.25, -0.2) is 0 Å². The number of ether oxygens (including phenoxy) is 2. The van der Waals surface area contributed by atoms with Gasteiger partial charge < -0.3 is 19.5 Å². The number of carbonyl (C=O) groups excluding carboxylic acids is 2. The van der Waals surface area contributed by atoms with E-state index in [2.05, 4.69) is 0 Å². The van der Waals surface area contributed by atoms with Crippen molar-refractivity contribution in [1.29, 1.82) is 0 Å². The first-order valence-corrected chi connectivity index (χ1v) is 9.95. The number of aryl methyl sites for hydroxylation is 1. The van der Waals surface area contributed by atoms with Crippen molar-refractivity contribution in [2.45, 2.75) is 32.9 Å². The summed E-state index contributed by atoms with van der Waals surface area (Å²) >= 11 is 0. The van der Waals surface area contributed by atoms with E-state index in [9.17, 15) is 14.7 Å². The Kier molecular flexibility index (Phi) is 6.57. The third-order valence-electron chi connectivity index (χ3n) is 5.11. The number of aliphatic hydroxyl groups excluding tert-OH is 1. The van der Waals surface area contributed by atoms with Gasteiger partial charge in [0, 0.05) is 12.1 Å². The molecular weight excluding hydrogens is 382 g/mol. The minimum atomic E-state index is -0.695. The summed E-state index contributed by atoms with van der Waals surface area (Å²) in [4.78, 5) is 27.3. The van der Waals surface area contributed by atoms with E-state index in [4.69, 9.17) is 9.47 Å². The molecular formula is C24H27NO5. The van der Waals surface area contributed by atoms with E-state index in [0.29, 0.717) is 17.9 Å². The van der Waals surface area contributed by atoms with Gasteiger partial charge >= 0.3 is 0 Å². The molecule has 6 heteroatoms. The van der Waals surface area contributed by atoms with Gasteiger partial charge in [-0.15, -0.1) is 0 Å². The van der Waals surface area contributed by atoms with Crippen LogP contribution in [0.25, 0.3) is 5.76 Å². The number of methoxy groups -OCH3 is 1. The zero-order chi connectivity index (χ0) is 21.8. The summed E-state index contributed by atoms with van der Waals surface area (Å²) < 4.78 is 10.9. The van der Waals surface area contributed by atoms with Crippen molar-refractivity contribution in [1.82, 2.24) is 4.90 Å². The fourth-order valence-electron chi connectivity index (χ4n) is 3.66. The van der Waals surface area contributed by atoms with Crippen LogP contribution in [0, 0.1) is 6.92 Å². The topological polar surface area (TPSA) is 76.1 Å². The van der Waals surface area contributed by atoms with Gasteiger partial charge in [0.1, 0.15) is 11.5 Å². The van der Waals surface area contributed by atoms with Gasteiger partial charge in [-0.2, -0.15) is 0 Å². The standard InChI is InChI=1S/C24H27NO5/c1-15(2)30-13-12-25-21(17-8-6-5-7-9-17)20(23(27)24(25)28)22(26)18-10-11-19(29-4)16(3)14-18/h5-11,14-15,21,26H,12-13H2,1-4H3/b22-20-. The summed E-state index contributed by atoms with van der Waals surface area (Å²) in [7, 11) is 1.57. The highest BCUT2D eigenvalue weighted by atomic mass is 16.5. The number of amides is 1. The predicted octanol–water partition coefficient (Wildman–Crippen LogP) is 3.85. The molecule has 2 aromatic rings. The quantitative estimate of drug-likeness (QED) is 0.427. The summed E-state index contributed by atoms with van der Waals surface area (Å²) in [6.07, 6.45) is 0.0132. The van der Waals surface area contributed by atoms with Crippen LogP contribution in [0.5, 0.6) is 5.75 Å². The second-order valence-electron chi connectivity index (χ2n) is 7.51. The van der Waals surface area contributed by atoms with Gasteiger partial charge in [0.05, 0.1) is 31.4 Å². The third-order valence-corrected chi connectivity index (χ3v) is 5.11. The average molecular weight is 409 g/mol. The fraction of sp³-hybridized carbons (Fsp3) is 0.333. The van der Waals surface area contributed by atoms with Gasteiger partial charge in [-0.3, -0.25) is 9.59 Å². The zero-order valence-electron chi connectivity index (χ0n) is 17.7. The lowest BCUT2D eigenvalue weighted by Gasteiger charge is -2.25. The number of ketones is 1. The molecule has 1 amide bonds. The lowest BCUT2D eigenvalue weighted by Crippen LogP contribution is -2.33. The SMILES string of the molecule is COc1ccc(/C(O)=C2/C(=O)C(=O)N(CCOC(C)C)C2c2ccccc2)cc1C. The van der Waals surface area contributed by atoms with E-state index in [1.165, 1.54) is 4.90 Å². The molecule has 158 valence electrons. The Morgan fingerprint density at radius 1 is 1.13 bits per heavy atom. The van der Waals surface area contributed by atoms with Gasteiger partial charge in [0.25, 0.3) is 11.7 Å². The molecule has 30 heavy (non-hydrogen) atoms. The van der Waals surface area contributed by atoms with Crippen molar-refractivity contribution < 1.29 is 24.2 Å². The maximum atomic E-state index is 12.9. The molecule has 6 nitrogen and oxygen atoms in total. The van der Waals surface area contributed by atoms with Crippen LogP contribution >= 0.6 is 0 Å². The van der Waals surface area contributed by atoms with Gasteiger partial charge in [-0.05, 0) is 50.1 Å². The Balaban J connectivity index is 2.08. The number of hydrogen-bond donors (Lipinski definition) is 1. The van der Waals surface area contributed by atoms with E-state index in [0.717, 1.165) is 11.1 Å². The number of rotatable bonds is 7. The van der Waals surface area contributed by atoms with Crippen molar-refractivity contribution in [3.05, 3.63) is 70.8 Å². The molecule has 0 aliphatic carbocycles. The summed E-state index contributed by atoms with van der Waals surface area (Å²) in [5.74, 6) is -0.847. The Morgan fingerprint density at radius 3 is 2.43 bits per heavy atom. The average Bonchev–Trinajstić information content (AvgIpc) is 2.98. The molecule has 0 saturated carbocycles.